The molecule has 0 fully saturated rings. The predicted octanol–water partition coefficient (Wildman–Crippen LogP) is 4.03. The molecule has 2 rings (SSSR count). The summed E-state index contributed by atoms with van der Waals surface area (Å²) in [6.07, 6.45) is 1.54. The van der Waals surface area contributed by atoms with Crippen LogP contribution >= 0.6 is 11.6 Å². The third-order valence-corrected chi connectivity index (χ3v) is 2.57. The van der Waals surface area contributed by atoms with Crippen LogP contribution in [-0.4, -0.2) is 9.97 Å². The fraction of sp³-hybridized carbons (Fsp3) is 0.231. The monoisotopic (exact) mass is 268 g/mol. The molecule has 0 amide bonds. The van der Waals surface area contributed by atoms with Crippen molar-refractivity contribution in [3.05, 3.63) is 46.9 Å². The lowest BCUT2D eigenvalue weighted by atomic mass is 10.1. The Labute approximate surface area is 109 Å². The molecule has 0 bridgehead atoms. The molecular weight excluding hydrogens is 258 g/mol. The Bertz CT molecular complexity index is 553. The summed E-state index contributed by atoms with van der Waals surface area (Å²) in [5, 5.41) is 0.271. The number of aromatic nitrogens is 2. The van der Waals surface area contributed by atoms with E-state index < -0.39 is 11.6 Å². The van der Waals surface area contributed by atoms with E-state index in [-0.39, 0.29) is 5.15 Å². The zero-order valence-electron chi connectivity index (χ0n) is 9.75. The van der Waals surface area contributed by atoms with Gasteiger partial charge in [-0.1, -0.05) is 18.5 Å². The molecular formula is C13H11ClF2N2. The Kier molecular flexibility index (Phi) is 3.87. The summed E-state index contributed by atoms with van der Waals surface area (Å²) in [4.78, 5) is 8.31. The lowest BCUT2D eigenvalue weighted by Gasteiger charge is -2.05. The summed E-state index contributed by atoms with van der Waals surface area (Å²) in [5.74, 6) is -0.710. The molecule has 5 heteroatoms. The number of rotatable bonds is 3. The zero-order valence-corrected chi connectivity index (χ0v) is 10.5. The van der Waals surface area contributed by atoms with Crippen molar-refractivity contribution < 1.29 is 8.78 Å². The number of halogens is 3. The Morgan fingerprint density at radius 3 is 2.33 bits per heavy atom. The topological polar surface area (TPSA) is 25.8 Å². The van der Waals surface area contributed by atoms with Gasteiger partial charge in [-0.15, -0.1) is 0 Å². The van der Waals surface area contributed by atoms with E-state index in [9.17, 15) is 8.78 Å². The molecule has 1 aromatic carbocycles. The number of nitrogens with zero attached hydrogens (tertiary/aromatic N) is 2. The van der Waals surface area contributed by atoms with Crippen molar-refractivity contribution >= 4 is 11.6 Å². The molecule has 0 radical (unpaired) electrons. The van der Waals surface area contributed by atoms with Crippen LogP contribution in [0.3, 0.4) is 0 Å². The van der Waals surface area contributed by atoms with Crippen LogP contribution < -0.4 is 0 Å². The van der Waals surface area contributed by atoms with Gasteiger partial charge < -0.3 is 0 Å². The Hall–Kier alpha value is -1.55. The van der Waals surface area contributed by atoms with Crippen molar-refractivity contribution in [1.82, 2.24) is 9.97 Å². The fourth-order valence-electron chi connectivity index (χ4n) is 1.65. The van der Waals surface area contributed by atoms with E-state index in [2.05, 4.69) is 9.97 Å². The summed E-state index contributed by atoms with van der Waals surface area (Å²) in [7, 11) is 0. The van der Waals surface area contributed by atoms with Gasteiger partial charge in [-0.2, -0.15) is 0 Å². The molecule has 0 aliphatic carbocycles. The minimum Gasteiger partial charge on any atom is -0.233 e. The highest BCUT2D eigenvalue weighted by molar-refractivity contribution is 6.29. The second-order valence-corrected chi connectivity index (χ2v) is 4.29. The van der Waals surface area contributed by atoms with Gasteiger partial charge in [-0.25, -0.2) is 18.7 Å². The molecule has 1 heterocycles. The van der Waals surface area contributed by atoms with Crippen molar-refractivity contribution in [2.75, 3.05) is 0 Å². The lowest BCUT2D eigenvalue weighted by Crippen LogP contribution is -1.97. The molecule has 18 heavy (non-hydrogen) atoms. The van der Waals surface area contributed by atoms with Crippen molar-refractivity contribution in [3.8, 4) is 11.3 Å². The van der Waals surface area contributed by atoms with Crippen LogP contribution in [-0.2, 0) is 6.42 Å². The summed E-state index contributed by atoms with van der Waals surface area (Å²) in [6.45, 7) is 1.99. The van der Waals surface area contributed by atoms with Crippen molar-refractivity contribution in [2.45, 2.75) is 19.8 Å². The van der Waals surface area contributed by atoms with Gasteiger partial charge in [0.1, 0.15) is 22.6 Å². The van der Waals surface area contributed by atoms with Gasteiger partial charge in [0.05, 0.1) is 5.69 Å². The van der Waals surface area contributed by atoms with Gasteiger partial charge >= 0.3 is 0 Å². The third kappa shape index (κ3) is 3.01. The molecule has 2 nitrogen and oxygen atoms in total. The van der Waals surface area contributed by atoms with Gasteiger partial charge in [0.25, 0.3) is 0 Å². The van der Waals surface area contributed by atoms with Gasteiger partial charge in [0, 0.05) is 24.1 Å². The van der Waals surface area contributed by atoms with Crippen molar-refractivity contribution in [1.29, 1.82) is 0 Å². The molecule has 0 N–H and O–H groups in total. The SMILES string of the molecule is CCCc1nc(Cl)cc(-c2cc(F)cc(F)c2)n1. The zero-order chi connectivity index (χ0) is 13.1. The average molecular weight is 269 g/mol. The van der Waals surface area contributed by atoms with E-state index >= 15 is 0 Å². The summed E-state index contributed by atoms with van der Waals surface area (Å²) in [5.41, 5.74) is 0.783. The number of aryl methyl sites for hydroxylation is 1. The maximum atomic E-state index is 13.1. The number of benzene rings is 1. The molecule has 94 valence electrons. The van der Waals surface area contributed by atoms with E-state index in [1.165, 1.54) is 18.2 Å². The fourth-order valence-corrected chi connectivity index (χ4v) is 1.85. The first kappa shape index (κ1) is 12.9. The summed E-state index contributed by atoms with van der Waals surface area (Å²) in [6, 6.07) is 4.75. The Morgan fingerprint density at radius 1 is 1.06 bits per heavy atom. The number of hydrogen-bond donors (Lipinski definition) is 0. The van der Waals surface area contributed by atoms with Crippen LogP contribution in [0.2, 0.25) is 5.15 Å². The minimum absolute atomic E-state index is 0.271. The molecule has 0 aliphatic heterocycles. The molecule has 0 saturated heterocycles. The first-order valence-electron chi connectivity index (χ1n) is 5.58. The van der Waals surface area contributed by atoms with Gasteiger partial charge in [-0.05, 0) is 18.6 Å². The van der Waals surface area contributed by atoms with Crippen LogP contribution in [0.4, 0.5) is 8.78 Å². The van der Waals surface area contributed by atoms with E-state index in [4.69, 9.17) is 11.6 Å². The third-order valence-electron chi connectivity index (χ3n) is 2.37. The highest BCUT2D eigenvalue weighted by Gasteiger charge is 2.08. The first-order chi connectivity index (χ1) is 8.58. The van der Waals surface area contributed by atoms with E-state index in [0.29, 0.717) is 23.5 Å². The Morgan fingerprint density at radius 2 is 1.72 bits per heavy atom. The normalized spacial score (nSPS) is 10.7. The second-order valence-electron chi connectivity index (χ2n) is 3.90. The van der Waals surface area contributed by atoms with E-state index in [1.54, 1.807) is 0 Å². The quantitative estimate of drug-likeness (QED) is 0.786. The molecule has 2 aromatic rings. The molecule has 0 atom stereocenters. The predicted molar refractivity (Wildman–Crippen MR) is 66.4 cm³/mol. The van der Waals surface area contributed by atoms with Crippen LogP contribution in [0.15, 0.2) is 24.3 Å². The Balaban J connectivity index is 2.49. The van der Waals surface area contributed by atoms with E-state index in [0.717, 1.165) is 12.5 Å². The summed E-state index contributed by atoms with van der Waals surface area (Å²) >= 11 is 5.88. The minimum atomic E-state index is -0.642. The molecule has 1 aromatic heterocycles. The summed E-state index contributed by atoms with van der Waals surface area (Å²) < 4.78 is 26.3. The van der Waals surface area contributed by atoms with E-state index in [1.807, 2.05) is 6.92 Å². The molecule has 0 unspecified atom stereocenters. The highest BCUT2D eigenvalue weighted by atomic mass is 35.5. The van der Waals surface area contributed by atoms with Gasteiger partial charge in [0.2, 0.25) is 0 Å². The molecule has 0 aliphatic rings. The second kappa shape index (κ2) is 5.40. The lowest BCUT2D eigenvalue weighted by molar-refractivity contribution is 0.584. The number of hydrogen-bond acceptors (Lipinski definition) is 2. The average Bonchev–Trinajstić information content (AvgIpc) is 2.27. The van der Waals surface area contributed by atoms with Crippen LogP contribution in [0.25, 0.3) is 11.3 Å². The maximum Gasteiger partial charge on any atom is 0.133 e. The first-order valence-corrected chi connectivity index (χ1v) is 5.96. The smallest absolute Gasteiger partial charge is 0.133 e. The van der Waals surface area contributed by atoms with Crippen LogP contribution in [0.1, 0.15) is 19.2 Å². The van der Waals surface area contributed by atoms with Crippen LogP contribution in [0.5, 0.6) is 0 Å². The van der Waals surface area contributed by atoms with Crippen LogP contribution in [0, 0.1) is 11.6 Å². The largest absolute Gasteiger partial charge is 0.233 e. The van der Waals surface area contributed by atoms with Gasteiger partial charge in [-0.3, -0.25) is 0 Å². The van der Waals surface area contributed by atoms with Crippen molar-refractivity contribution in [3.63, 3.8) is 0 Å². The van der Waals surface area contributed by atoms with Gasteiger partial charge in [0.15, 0.2) is 0 Å². The maximum absolute atomic E-state index is 13.1. The molecule has 0 spiro atoms. The standard InChI is InChI=1S/C13H11ClF2N2/c1-2-3-13-17-11(7-12(14)18-13)8-4-9(15)6-10(16)5-8/h4-7H,2-3H2,1H3. The van der Waals surface area contributed by atoms with Crippen molar-refractivity contribution in [2.24, 2.45) is 0 Å². The highest BCUT2D eigenvalue weighted by Crippen LogP contribution is 2.22. The molecule has 0 saturated carbocycles.